The first-order valence-electron chi connectivity index (χ1n) is 11.0. The van der Waals surface area contributed by atoms with Gasteiger partial charge in [0.1, 0.15) is 0 Å². The van der Waals surface area contributed by atoms with Crippen LogP contribution in [0.25, 0.3) is 0 Å². The Bertz CT molecular complexity index is 689. The van der Waals surface area contributed by atoms with Crippen molar-refractivity contribution in [1.82, 2.24) is 10.6 Å². The number of nitrogens with one attached hydrogen (secondary N) is 2. The molecule has 6 nitrogen and oxygen atoms in total. The average Bonchev–Trinajstić information content (AvgIpc) is 3.43. The molecule has 3 rings (SSSR count). The molecule has 2 unspecified atom stereocenters. The van der Waals surface area contributed by atoms with Crippen LogP contribution in [0.1, 0.15) is 26.2 Å². The van der Waals surface area contributed by atoms with E-state index in [1.807, 2.05) is 6.92 Å². The minimum absolute atomic E-state index is 0. The van der Waals surface area contributed by atoms with E-state index in [1.165, 1.54) is 12.1 Å². The molecule has 0 spiro atoms. The van der Waals surface area contributed by atoms with E-state index in [-0.39, 0.29) is 24.0 Å². The van der Waals surface area contributed by atoms with Crippen LogP contribution in [-0.2, 0) is 9.47 Å². The van der Waals surface area contributed by atoms with Crippen LogP contribution in [0, 0.1) is 23.5 Å². The number of nitrogens with zero attached hydrogens (tertiary/aromatic N) is 2. The van der Waals surface area contributed by atoms with Gasteiger partial charge in [0.2, 0.25) is 0 Å². The monoisotopic (exact) mass is 552 g/mol. The molecule has 176 valence electrons. The third kappa shape index (κ3) is 8.69. The van der Waals surface area contributed by atoms with Crippen molar-refractivity contribution in [3.8, 4) is 0 Å². The predicted molar refractivity (Wildman–Crippen MR) is 130 cm³/mol. The summed E-state index contributed by atoms with van der Waals surface area (Å²) >= 11 is 0. The molecule has 31 heavy (non-hydrogen) atoms. The zero-order valence-electron chi connectivity index (χ0n) is 18.2. The van der Waals surface area contributed by atoms with Crippen LogP contribution in [-0.4, -0.2) is 65.1 Å². The Labute approximate surface area is 201 Å². The van der Waals surface area contributed by atoms with E-state index >= 15 is 0 Å². The van der Waals surface area contributed by atoms with Crippen LogP contribution in [0.5, 0.6) is 0 Å². The van der Waals surface area contributed by atoms with Crippen molar-refractivity contribution in [1.29, 1.82) is 0 Å². The summed E-state index contributed by atoms with van der Waals surface area (Å²) in [6.45, 7) is 9.18. The first-order valence-corrected chi connectivity index (χ1v) is 11.0. The number of hydrogen-bond donors (Lipinski definition) is 2. The van der Waals surface area contributed by atoms with E-state index < -0.39 is 11.6 Å². The van der Waals surface area contributed by atoms with E-state index in [0.717, 1.165) is 83.5 Å². The summed E-state index contributed by atoms with van der Waals surface area (Å²) in [6.07, 6.45) is 3.01. The van der Waals surface area contributed by atoms with Crippen LogP contribution in [0.4, 0.5) is 14.5 Å². The highest BCUT2D eigenvalue weighted by Gasteiger charge is 2.23. The first kappa shape index (κ1) is 26.1. The van der Waals surface area contributed by atoms with E-state index in [1.54, 1.807) is 6.07 Å². The lowest BCUT2D eigenvalue weighted by Crippen LogP contribution is -2.38. The Morgan fingerprint density at radius 2 is 2.10 bits per heavy atom. The number of benzene rings is 1. The van der Waals surface area contributed by atoms with Gasteiger partial charge in [0, 0.05) is 63.6 Å². The van der Waals surface area contributed by atoms with Gasteiger partial charge < -0.3 is 25.0 Å². The lowest BCUT2D eigenvalue weighted by Gasteiger charge is -2.18. The number of anilines is 1. The molecule has 2 N–H and O–H groups in total. The van der Waals surface area contributed by atoms with Gasteiger partial charge in [-0.25, -0.2) is 8.78 Å². The topological polar surface area (TPSA) is 58.1 Å². The number of guanidine groups is 1. The Morgan fingerprint density at radius 3 is 2.84 bits per heavy atom. The van der Waals surface area contributed by atoms with Crippen LogP contribution in [0.3, 0.4) is 0 Å². The maximum absolute atomic E-state index is 13.5. The molecule has 0 saturated carbocycles. The first-order chi connectivity index (χ1) is 14.7. The number of rotatable bonds is 10. The maximum atomic E-state index is 13.5. The number of aliphatic imine (C=N–C) groups is 1. The smallest absolute Gasteiger partial charge is 0.191 e. The zero-order valence-corrected chi connectivity index (χ0v) is 20.6. The summed E-state index contributed by atoms with van der Waals surface area (Å²) < 4.78 is 37.7. The van der Waals surface area contributed by atoms with E-state index in [9.17, 15) is 8.78 Å². The second-order valence-corrected chi connectivity index (χ2v) is 8.00. The normalized spacial score (nSPS) is 21.3. The number of hydrogen-bond acceptors (Lipinski definition) is 4. The second-order valence-electron chi connectivity index (χ2n) is 8.00. The van der Waals surface area contributed by atoms with Gasteiger partial charge in [-0.2, -0.15) is 0 Å². The summed E-state index contributed by atoms with van der Waals surface area (Å²) in [5.74, 6) is 0.152. The molecule has 2 atom stereocenters. The summed E-state index contributed by atoms with van der Waals surface area (Å²) in [5.41, 5.74) is 0.731. The molecule has 2 saturated heterocycles. The van der Waals surface area contributed by atoms with Gasteiger partial charge in [-0.1, -0.05) is 0 Å². The summed E-state index contributed by atoms with van der Waals surface area (Å²) in [5, 5.41) is 6.63. The third-order valence-corrected chi connectivity index (χ3v) is 5.54. The molecular weight excluding hydrogens is 517 g/mol. The van der Waals surface area contributed by atoms with Gasteiger partial charge >= 0.3 is 0 Å². The van der Waals surface area contributed by atoms with Crippen molar-refractivity contribution in [2.24, 2.45) is 16.8 Å². The highest BCUT2D eigenvalue weighted by atomic mass is 127. The lowest BCUT2D eigenvalue weighted by molar-refractivity contribution is 0.0888. The van der Waals surface area contributed by atoms with Crippen LogP contribution < -0.4 is 15.5 Å². The highest BCUT2D eigenvalue weighted by molar-refractivity contribution is 14.0. The second kappa shape index (κ2) is 14.1. The van der Waals surface area contributed by atoms with Crippen LogP contribution >= 0.6 is 24.0 Å². The SMILES string of the molecule is CCNC(=NCC1CCN(c2ccc(F)c(F)c2)C1)NCCCOCC1CCOC1.I. The molecule has 2 aliphatic heterocycles. The number of halogens is 3. The Kier molecular flexibility index (Phi) is 11.8. The summed E-state index contributed by atoms with van der Waals surface area (Å²) in [7, 11) is 0. The summed E-state index contributed by atoms with van der Waals surface area (Å²) in [4.78, 5) is 6.81. The van der Waals surface area contributed by atoms with Gasteiger partial charge in [0.15, 0.2) is 17.6 Å². The molecule has 1 aromatic carbocycles. The zero-order chi connectivity index (χ0) is 21.2. The van der Waals surface area contributed by atoms with Crippen LogP contribution in [0.2, 0.25) is 0 Å². The largest absolute Gasteiger partial charge is 0.381 e. The van der Waals surface area contributed by atoms with Crippen molar-refractivity contribution < 1.29 is 18.3 Å². The van der Waals surface area contributed by atoms with Crippen molar-refractivity contribution in [2.75, 3.05) is 64.1 Å². The molecule has 0 radical (unpaired) electrons. The molecule has 2 aliphatic rings. The van der Waals surface area contributed by atoms with Gasteiger partial charge in [-0.15, -0.1) is 24.0 Å². The minimum Gasteiger partial charge on any atom is -0.381 e. The molecule has 0 aliphatic carbocycles. The van der Waals surface area contributed by atoms with Crippen LogP contribution in [0.15, 0.2) is 23.2 Å². The van der Waals surface area contributed by atoms with Gasteiger partial charge in [-0.3, -0.25) is 4.99 Å². The van der Waals surface area contributed by atoms with Gasteiger partial charge in [-0.05, 0) is 44.2 Å². The molecule has 0 bridgehead atoms. The predicted octanol–water partition coefficient (Wildman–Crippen LogP) is 3.41. The minimum atomic E-state index is -0.807. The molecule has 0 aromatic heterocycles. The molecule has 2 fully saturated rings. The third-order valence-electron chi connectivity index (χ3n) is 5.54. The molecule has 9 heteroatoms. The van der Waals surface area contributed by atoms with Crippen molar-refractivity contribution in [2.45, 2.75) is 26.2 Å². The van der Waals surface area contributed by atoms with E-state index in [0.29, 0.717) is 18.4 Å². The number of ether oxygens (including phenoxy) is 2. The van der Waals surface area contributed by atoms with Crippen molar-refractivity contribution in [3.63, 3.8) is 0 Å². The summed E-state index contributed by atoms with van der Waals surface area (Å²) in [6, 6.07) is 4.10. The fourth-order valence-electron chi connectivity index (χ4n) is 3.81. The average molecular weight is 552 g/mol. The van der Waals surface area contributed by atoms with E-state index in [2.05, 4.69) is 15.5 Å². The maximum Gasteiger partial charge on any atom is 0.191 e. The van der Waals surface area contributed by atoms with Gasteiger partial charge in [0.25, 0.3) is 0 Å². The van der Waals surface area contributed by atoms with E-state index in [4.69, 9.17) is 14.5 Å². The van der Waals surface area contributed by atoms with Crippen molar-refractivity contribution >= 4 is 35.6 Å². The highest BCUT2D eigenvalue weighted by Crippen LogP contribution is 2.25. The fourth-order valence-corrected chi connectivity index (χ4v) is 3.81. The lowest BCUT2D eigenvalue weighted by atomic mass is 10.1. The Balaban J connectivity index is 0.00000341. The Morgan fingerprint density at radius 1 is 1.23 bits per heavy atom. The Hall–Kier alpha value is -1.20. The molecular formula is C22H35F2IN4O2. The molecule has 2 heterocycles. The molecule has 0 amide bonds. The quantitative estimate of drug-likeness (QED) is 0.202. The fraction of sp³-hybridized carbons (Fsp3) is 0.682. The van der Waals surface area contributed by atoms with Crippen molar-refractivity contribution in [3.05, 3.63) is 29.8 Å². The van der Waals surface area contributed by atoms with Gasteiger partial charge in [0.05, 0.1) is 13.2 Å². The standard InChI is InChI=1S/C22H34F2N4O2.HI/c1-2-25-22(26-8-3-10-29-15-18-7-11-30-16-18)27-13-17-6-9-28(14-17)19-4-5-20(23)21(24)12-19;/h4-5,12,17-18H,2-3,6-11,13-16H2,1H3,(H2,25,26,27);1H. The molecule has 1 aromatic rings.